The van der Waals surface area contributed by atoms with Gasteiger partial charge in [0.05, 0.1) is 12.2 Å². The van der Waals surface area contributed by atoms with Gasteiger partial charge in [0.25, 0.3) is 0 Å². The molecule has 2 aliphatic rings. The molecule has 0 N–H and O–H groups in total. The number of hydrogen-bond acceptors (Lipinski definition) is 7. The van der Waals surface area contributed by atoms with Gasteiger partial charge in [-0.15, -0.1) is 10.2 Å². The summed E-state index contributed by atoms with van der Waals surface area (Å²) in [5.41, 5.74) is 2.08. The Bertz CT molecular complexity index is 977. The highest BCUT2D eigenvalue weighted by Gasteiger charge is 2.40. The van der Waals surface area contributed by atoms with Crippen LogP contribution in [0.5, 0.6) is 0 Å². The van der Waals surface area contributed by atoms with Crippen molar-refractivity contribution in [2.24, 2.45) is 18.9 Å². The normalized spacial score (nSPS) is 22.2. The van der Waals surface area contributed by atoms with Gasteiger partial charge in [0, 0.05) is 45.0 Å². The van der Waals surface area contributed by atoms with Crippen LogP contribution >= 0.6 is 0 Å². The fraction of sp³-hybridized carbons (Fsp3) is 0.526. The number of aromatic nitrogens is 7. The van der Waals surface area contributed by atoms with Gasteiger partial charge in [0.2, 0.25) is 0 Å². The standard InChI is InChI=1S/C19H25N9/c1-13-4-14(2)28(24-13)18-5-17(20-11-21-18)27-8-15-6-26(7-16(15)9-27)10-19-23-22-12-25(19)3/h4-5,11-12,15-16H,6-10H2,1-3H3. The number of rotatable bonds is 4. The molecule has 0 aromatic carbocycles. The topological polar surface area (TPSA) is 80.8 Å². The smallest absolute Gasteiger partial charge is 0.159 e. The molecule has 0 spiro atoms. The Morgan fingerprint density at radius 1 is 1.00 bits per heavy atom. The second-order valence-electron chi connectivity index (χ2n) is 8.05. The number of nitrogens with zero attached hydrogens (tertiary/aromatic N) is 9. The molecule has 3 aromatic heterocycles. The van der Waals surface area contributed by atoms with Gasteiger partial charge in [-0.2, -0.15) is 5.10 Å². The second kappa shape index (κ2) is 6.66. The van der Waals surface area contributed by atoms with E-state index in [0.29, 0.717) is 11.8 Å². The number of likely N-dealkylation sites (tertiary alicyclic amines) is 1. The fourth-order valence-electron chi connectivity index (χ4n) is 4.54. The zero-order valence-corrected chi connectivity index (χ0v) is 16.5. The van der Waals surface area contributed by atoms with E-state index in [2.05, 4.69) is 47.2 Å². The van der Waals surface area contributed by atoms with Crippen molar-refractivity contribution in [2.45, 2.75) is 20.4 Å². The lowest BCUT2D eigenvalue weighted by Crippen LogP contribution is -2.29. The molecule has 3 aromatic rings. The van der Waals surface area contributed by atoms with Crippen molar-refractivity contribution in [3.05, 3.63) is 42.0 Å². The molecule has 0 bridgehead atoms. The summed E-state index contributed by atoms with van der Waals surface area (Å²) in [6.07, 6.45) is 3.42. The highest BCUT2D eigenvalue weighted by Crippen LogP contribution is 2.34. The van der Waals surface area contributed by atoms with E-state index in [1.165, 1.54) is 0 Å². The van der Waals surface area contributed by atoms with E-state index in [1.807, 2.05) is 30.1 Å². The van der Waals surface area contributed by atoms with Crippen molar-refractivity contribution >= 4 is 5.82 Å². The zero-order valence-electron chi connectivity index (χ0n) is 16.5. The minimum Gasteiger partial charge on any atom is -0.356 e. The molecule has 146 valence electrons. The molecule has 9 nitrogen and oxygen atoms in total. The fourth-order valence-corrected chi connectivity index (χ4v) is 4.54. The SMILES string of the molecule is Cc1cc(C)n(-c2cc(N3CC4CN(Cc5nncn5C)CC4C3)ncn2)n1. The Hall–Kier alpha value is -2.81. The number of hydrogen-bond donors (Lipinski definition) is 0. The van der Waals surface area contributed by atoms with Gasteiger partial charge >= 0.3 is 0 Å². The molecular formula is C19H25N9. The van der Waals surface area contributed by atoms with E-state index >= 15 is 0 Å². The highest BCUT2D eigenvalue weighted by atomic mass is 15.3. The summed E-state index contributed by atoms with van der Waals surface area (Å²) in [6, 6.07) is 4.12. The quantitative estimate of drug-likeness (QED) is 0.668. The summed E-state index contributed by atoms with van der Waals surface area (Å²) >= 11 is 0. The summed E-state index contributed by atoms with van der Waals surface area (Å²) in [5.74, 6) is 4.19. The Labute approximate surface area is 164 Å². The Kier molecular flexibility index (Phi) is 4.12. The lowest BCUT2D eigenvalue weighted by molar-refractivity contribution is 0.297. The van der Waals surface area contributed by atoms with Crippen LogP contribution in [0.25, 0.3) is 5.82 Å². The van der Waals surface area contributed by atoms with Crippen LogP contribution in [-0.2, 0) is 13.6 Å². The minimum absolute atomic E-state index is 0.667. The monoisotopic (exact) mass is 379 g/mol. The van der Waals surface area contributed by atoms with E-state index in [-0.39, 0.29) is 0 Å². The molecule has 0 aliphatic carbocycles. The molecule has 28 heavy (non-hydrogen) atoms. The van der Waals surface area contributed by atoms with Crippen molar-refractivity contribution in [3.63, 3.8) is 0 Å². The molecule has 5 heterocycles. The number of fused-ring (bicyclic) bond motifs is 1. The molecule has 2 fully saturated rings. The lowest BCUT2D eigenvalue weighted by atomic mass is 10.0. The van der Waals surface area contributed by atoms with Gasteiger partial charge in [-0.3, -0.25) is 4.90 Å². The largest absolute Gasteiger partial charge is 0.356 e. The predicted molar refractivity (Wildman–Crippen MR) is 104 cm³/mol. The summed E-state index contributed by atoms with van der Waals surface area (Å²) < 4.78 is 3.89. The minimum atomic E-state index is 0.667. The van der Waals surface area contributed by atoms with Crippen LogP contribution < -0.4 is 4.90 Å². The van der Waals surface area contributed by atoms with E-state index < -0.39 is 0 Å². The first-order valence-corrected chi connectivity index (χ1v) is 9.72. The summed E-state index contributed by atoms with van der Waals surface area (Å²) in [7, 11) is 2.00. The number of aryl methyl sites for hydroxylation is 3. The molecule has 2 aliphatic heterocycles. The maximum Gasteiger partial charge on any atom is 0.159 e. The van der Waals surface area contributed by atoms with Crippen molar-refractivity contribution in [3.8, 4) is 5.82 Å². The Balaban J connectivity index is 1.27. The van der Waals surface area contributed by atoms with Crippen LogP contribution in [0.2, 0.25) is 0 Å². The third-order valence-electron chi connectivity index (χ3n) is 5.92. The molecule has 0 amide bonds. The zero-order chi connectivity index (χ0) is 19.3. The van der Waals surface area contributed by atoms with Crippen molar-refractivity contribution in [1.82, 2.24) is 39.4 Å². The van der Waals surface area contributed by atoms with Crippen LogP contribution in [0.15, 0.2) is 24.8 Å². The first-order chi connectivity index (χ1) is 13.6. The van der Waals surface area contributed by atoms with Gasteiger partial charge in [0.15, 0.2) is 5.82 Å². The molecule has 2 saturated heterocycles. The van der Waals surface area contributed by atoms with Gasteiger partial charge < -0.3 is 9.47 Å². The first kappa shape index (κ1) is 17.3. The molecule has 0 radical (unpaired) electrons. The molecule has 9 heteroatoms. The molecule has 0 saturated carbocycles. The Morgan fingerprint density at radius 2 is 1.75 bits per heavy atom. The summed E-state index contributed by atoms with van der Waals surface area (Å²) in [6.45, 7) is 9.20. The average Bonchev–Trinajstić information content (AvgIpc) is 3.41. The molecule has 5 rings (SSSR count). The van der Waals surface area contributed by atoms with Crippen molar-refractivity contribution in [1.29, 1.82) is 0 Å². The van der Waals surface area contributed by atoms with Crippen LogP contribution in [0.1, 0.15) is 17.2 Å². The number of anilines is 1. The van der Waals surface area contributed by atoms with Crippen LogP contribution in [0, 0.1) is 25.7 Å². The Morgan fingerprint density at radius 3 is 2.39 bits per heavy atom. The van der Waals surface area contributed by atoms with E-state index in [4.69, 9.17) is 0 Å². The third kappa shape index (κ3) is 3.05. The van der Waals surface area contributed by atoms with Gasteiger partial charge in [-0.25, -0.2) is 14.6 Å². The van der Waals surface area contributed by atoms with Crippen LogP contribution in [0.3, 0.4) is 0 Å². The van der Waals surface area contributed by atoms with Gasteiger partial charge in [0.1, 0.15) is 24.3 Å². The van der Waals surface area contributed by atoms with Crippen LogP contribution in [-0.4, -0.2) is 65.6 Å². The summed E-state index contributed by atoms with van der Waals surface area (Å²) in [4.78, 5) is 13.9. The molecule has 2 atom stereocenters. The maximum atomic E-state index is 4.55. The average molecular weight is 379 g/mol. The van der Waals surface area contributed by atoms with Gasteiger partial charge in [-0.05, 0) is 31.7 Å². The summed E-state index contributed by atoms with van der Waals surface area (Å²) in [5, 5.41) is 12.8. The van der Waals surface area contributed by atoms with Gasteiger partial charge in [-0.1, -0.05) is 0 Å². The highest BCUT2D eigenvalue weighted by molar-refractivity contribution is 5.45. The van der Waals surface area contributed by atoms with E-state index in [1.54, 1.807) is 12.7 Å². The van der Waals surface area contributed by atoms with Crippen LogP contribution in [0.4, 0.5) is 5.82 Å². The predicted octanol–water partition coefficient (Wildman–Crippen LogP) is 0.976. The third-order valence-corrected chi connectivity index (χ3v) is 5.92. The molecule has 2 unspecified atom stereocenters. The van der Waals surface area contributed by atoms with E-state index in [0.717, 1.165) is 61.6 Å². The van der Waals surface area contributed by atoms with E-state index in [9.17, 15) is 0 Å². The first-order valence-electron chi connectivity index (χ1n) is 9.72. The molecular weight excluding hydrogens is 354 g/mol. The maximum absolute atomic E-state index is 4.55. The van der Waals surface area contributed by atoms with Crippen molar-refractivity contribution in [2.75, 3.05) is 31.1 Å². The van der Waals surface area contributed by atoms with Crippen molar-refractivity contribution < 1.29 is 0 Å². The lowest BCUT2D eigenvalue weighted by Gasteiger charge is -2.22. The second-order valence-corrected chi connectivity index (χ2v) is 8.05.